The summed E-state index contributed by atoms with van der Waals surface area (Å²) in [7, 11) is 0. The highest BCUT2D eigenvalue weighted by Gasteiger charge is 1.97. The van der Waals surface area contributed by atoms with Gasteiger partial charge in [0.1, 0.15) is 0 Å². The van der Waals surface area contributed by atoms with E-state index in [1.807, 2.05) is 6.07 Å². The molecule has 0 aromatic heterocycles. The van der Waals surface area contributed by atoms with Gasteiger partial charge in [0.05, 0.1) is 0 Å². The van der Waals surface area contributed by atoms with Crippen LogP contribution < -0.4 is 5.32 Å². The van der Waals surface area contributed by atoms with Crippen LogP contribution in [0.5, 0.6) is 0 Å². The fourth-order valence-electron chi connectivity index (χ4n) is 3.47. The van der Waals surface area contributed by atoms with Crippen LogP contribution in [0.15, 0.2) is 54.6 Å². The van der Waals surface area contributed by atoms with Crippen molar-refractivity contribution in [2.24, 2.45) is 0 Å². The molecule has 148 valence electrons. The number of aliphatic hydroxyl groups excluding tert-OH is 1. The molecule has 2 rings (SSSR count). The summed E-state index contributed by atoms with van der Waals surface area (Å²) >= 11 is 0. The summed E-state index contributed by atoms with van der Waals surface area (Å²) in [6, 6.07) is 19.2. The number of nitrogens with one attached hydrogen (secondary N) is 1. The summed E-state index contributed by atoms with van der Waals surface area (Å²) in [5, 5.41) is 12.2. The quantitative estimate of drug-likeness (QED) is 0.325. The van der Waals surface area contributed by atoms with Crippen LogP contribution in [0.4, 0.5) is 11.4 Å². The van der Waals surface area contributed by atoms with Crippen molar-refractivity contribution in [3.8, 4) is 0 Å². The summed E-state index contributed by atoms with van der Waals surface area (Å²) in [5.41, 5.74) is 3.73. The van der Waals surface area contributed by atoms with E-state index < -0.39 is 0 Å². The van der Waals surface area contributed by atoms with Gasteiger partial charge in [-0.15, -0.1) is 0 Å². The Balaban J connectivity index is 1.46. The predicted molar refractivity (Wildman–Crippen MR) is 118 cm³/mol. The molecule has 0 bridgehead atoms. The Hall–Kier alpha value is -1.80. The second-order valence-corrected chi connectivity index (χ2v) is 7.55. The number of aryl methyl sites for hydroxylation is 1. The third kappa shape index (κ3) is 10.2. The van der Waals surface area contributed by atoms with Gasteiger partial charge in [-0.3, -0.25) is 0 Å². The Morgan fingerprint density at radius 3 is 1.56 bits per heavy atom. The molecule has 2 aromatic carbocycles. The molecule has 0 amide bonds. The molecule has 27 heavy (non-hydrogen) atoms. The lowest BCUT2D eigenvalue weighted by Gasteiger charge is -2.07. The molecule has 0 aliphatic carbocycles. The number of rotatable bonds is 15. The SMILES string of the molecule is OCCCCCCCCCCCCCc1ccc(Nc2ccccc2)cc1. The van der Waals surface area contributed by atoms with Gasteiger partial charge in [0.2, 0.25) is 0 Å². The molecule has 0 aliphatic rings. The third-order valence-corrected chi connectivity index (χ3v) is 5.14. The Morgan fingerprint density at radius 1 is 0.519 bits per heavy atom. The van der Waals surface area contributed by atoms with E-state index in [0.717, 1.165) is 17.8 Å². The topological polar surface area (TPSA) is 32.3 Å². The first-order valence-electron chi connectivity index (χ1n) is 10.9. The molecule has 0 fully saturated rings. The van der Waals surface area contributed by atoms with Gasteiger partial charge in [0, 0.05) is 18.0 Å². The average Bonchev–Trinajstić information content (AvgIpc) is 2.71. The molecule has 0 heterocycles. The van der Waals surface area contributed by atoms with Crippen LogP contribution in [0.1, 0.15) is 76.2 Å². The van der Waals surface area contributed by atoms with E-state index in [-0.39, 0.29) is 0 Å². The number of aliphatic hydroxyl groups is 1. The maximum atomic E-state index is 8.75. The third-order valence-electron chi connectivity index (χ3n) is 5.14. The van der Waals surface area contributed by atoms with Crippen LogP contribution in [0, 0.1) is 0 Å². The largest absolute Gasteiger partial charge is 0.396 e. The first-order valence-corrected chi connectivity index (χ1v) is 10.9. The zero-order chi connectivity index (χ0) is 19.0. The molecule has 0 spiro atoms. The maximum Gasteiger partial charge on any atom is 0.0431 e. The standard InChI is InChI=1S/C25H37NO/c27-22-14-9-7-5-3-1-2-4-6-8-11-15-23-18-20-25(21-19-23)26-24-16-12-10-13-17-24/h10,12-13,16-21,26-27H,1-9,11,14-15,22H2. The Morgan fingerprint density at radius 2 is 1.00 bits per heavy atom. The van der Waals surface area contributed by atoms with E-state index in [1.165, 1.54) is 76.2 Å². The smallest absolute Gasteiger partial charge is 0.0431 e. The van der Waals surface area contributed by atoms with Crippen LogP contribution in [0.25, 0.3) is 0 Å². The molecule has 0 radical (unpaired) electrons. The first-order chi connectivity index (χ1) is 13.4. The highest BCUT2D eigenvalue weighted by atomic mass is 16.2. The second kappa shape index (κ2) is 14.3. The number of hydrogen-bond donors (Lipinski definition) is 2. The maximum absolute atomic E-state index is 8.75. The van der Waals surface area contributed by atoms with Crippen LogP contribution in [-0.2, 0) is 6.42 Å². The van der Waals surface area contributed by atoms with Gasteiger partial charge in [-0.2, -0.15) is 0 Å². The van der Waals surface area contributed by atoms with Crippen molar-refractivity contribution in [2.75, 3.05) is 11.9 Å². The molecule has 2 heteroatoms. The van der Waals surface area contributed by atoms with E-state index in [4.69, 9.17) is 5.11 Å². The molecule has 2 aromatic rings. The van der Waals surface area contributed by atoms with Gasteiger partial charge in [0.25, 0.3) is 0 Å². The minimum Gasteiger partial charge on any atom is -0.396 e. The number of anilines is 2. The molecule has 2 nitrogen and oxygen atoms in total. The van der Waals surface area contributed by atoms with Crippen molar-refractivity contribution in [3.63, 3.8) is 0 Å². The first kappa shape index (κ1) is 21.5. The Kier molecular flexibility index (Phi) is 11.4. The molecule has 2 N–H and O–H groups in total. The highest BCUT2D eigenvalue weighted by molar-refractivity contribution is 5.59. The number of unbranched alkanes of at least 4 members (excludes halogenated alkanes) is 10. The second-order valence-electron chi connectivity index (χ2n) is 7.55. The van der Waals surface area contributed by atoms with Crippen molar-refractivity contribution < 1.29 is 5.11 Å². The molecular weight excluding hydrogens is 330 g/mol. The van der Waals surface area contributed by atoms with Gasteiger partial charge >= 0.3 is 0 Å². The molecular formula is C25H37NO. The number of benzene rings is 2. The van der Waals surface area contributed by atoms with Crippen LogP contribution in [0.2, 0.25) is 0 Å². The lowest BCUT2D eigenvalue weighted by atomic mass is 10.0. The van der Waals surface area contributed by atoms with Crippen LogP contribution in [-0.4, -0.2) is 11.7 Å². The van der Waals surface area contributed by atoms with Crippen molar-refractivity contribution >= 4 is 11.4 Å². The molecule has 0 saturated carbocycles. The minimum absolute atomic E-state index is 0.356. The summed E-state index contributed by atoms with van der Waals surface area (Å²) < 4.78 is 0. The van der Waals surface area contributed by atoms with E-state index in [0.29, 0.717) is 6.61 Å². The monoisotopic (exact) mass is 367 g/mol. The molecule has 0 unspecified atom stereocenters. The summed E-state index contributed by atoms with van der Waals surface area (Å²) in [5.74, 6) is 0. The highest BCUT2D eigenvalue weighted by Crippen LogP contribution is 2.18. The fourth-order valence-corrected chi connectivity index (χ4v) is 3.47. The zero-order valence-electron chi connectivity index (χ0n) is 16.8. The van der Waals surface area contributed by atoms with Crippen LogP contribution >= 0.6 is 0 Å². The molecule has 0 aliphatic heterocycles. The van der Waals surface area contributed by atoms with Gasteiger partial charge in [-0.25, -0.2) is 0 Å². The van der Waals surface area contributed by atoms with Crippen LogP contribution in [0.3, 0.4) is 0 Å². The lowest BCUT2D eigenvalue weighted by molar-refractivity contribution is 0.282. The van der Waals surface area contributed by atoms with Crippen molar-refractivity contribution in [1.29, 1.82) is 0 Å². The number of hydrogen-bond acceptors (Lipinski definition) is 2. The zero-order valence-corrected chi connectivity index (χ0v) is 16.8. The van der Waals surface area contributed by atoms with Crippen molar-refractivity contribution in [3.05, 3.63) is 60.2 Å². The summed E-state index contributed by atoms with van der Waals surface area (Å²) in [6.07, 6.45) is 15.5. The van der Waals surface area contributed by atoms with Gasteiger partial charge in [0.15, 0.2) is 0 Å². The molecule has 0 atom stereocenters. The summed E-state index contributed by atoms with van der Waals surface area (Å²) in [4.78, 5) is 0. The van der Waals surface area contributed by atoms with E-state index in [1.54, 1.807) is 0 Å². The normalized spacial score (nSPS) is 10.9. The summed E-state index contributed by atoms with van der Waals surface area (Å²) in [6.45, 7) is 0.356. The predicted octanol–water partition coefficient (Wildman–Crippen LogP) is 7.26. The fraction of sp³-hybridized carbons (Fsp3) is 0.520. The average molecular weight is 368 g/mol. The van der Waals surface area contributed by atoms with Gasteiger partial charge in [-0.05, 0) is 49.1 Å². The van der Waals surface area contributed by atoms with Crippen molar-refractivity contribution in [2.45, 2.75) is 77.0 Å². The van der Waals surface area contributed by atoms with E-state index in [9.17, 15) is 0 Å². The van der Waals surface area contributed by atoms with Gasteiger partial charge < -0.3 is 10.4 Å². The van der Waals surface area contributed by atoms with Gasteiger partial charge in [-0.1, -0.05) is 88.1 Å². The van der Waals surface area contributed by atoms with E-state index in [2.05, 4.69) is 53.8 Å². The number of para-hydroxylation sites is 1. The minimum atomic E-state index is 0.356. The Labute approximate surface area is 166 Å². The molecule has 0 saturated heterocycles. The van der Waals surface area contributed by atoms with Crippen molar-refractivity contribution in [1.82, 2.24) is 0 Å². The lowest BCUT2D eigenvalue weighted by Crippen LogP contribution is -1.91. The van der Waals surface area contributed by atoms with E-state index >= 15 is 0 Å². The Bertz CT molecular complexity index is 579.